The number of phenols is 1. The summed E-state index contributed by atoms with van der Waals surface area (Å²) in [4.78, 5) is 0. The molecule has 3 heteroatoms. The molecular weight excluding hydrogens is 414 g/mol. The second kappa shape index (κ2) is 9.78. The molecule has 4 rings (SSSR count). The van der Waals surface area contributed by atoms with E-state index in [1.54, 1.807) is 0 Å². The zero-order valence-corrected chi connectivity index (χ0v) is 20.2. The first-order chi connectivity index (χ1) is 15.0. The number of benzene rings is 4. The third-order valence-corrected chi connectivity index (χ3v) is 9.64. The molecule has 1 N–H and O–H groups in total. The van der Waals surface area contributed by atoms with Gasteiger partial charge in [0.1, 0.15) is 5.75 Å². The van der Waals surface area contributed by atoms with Gasteiger partial charge in [-0.3, -0.25) is 0 Å². The van der Waals surface area contributed by atoms with Gasteiger partial charge in [0, 0.05) is 11.5 Å². The standard InChI is InChI=1S/C28H28OP2/c1-20-17-22(3)27(29)26(18-20)30-28-21(2)11-10-12-23(28)19-31(24-13-6-4-7-14-24)25-15-8-5-9-16-25/h4-18,29-30H,19H2,1-3H3. The Kier molecular flexibility index (Phi) is 6.86. The second-order valence-corrected chi connectivity index (χ2v) is 11.5. The second-order valence-electron chi connectivity index (χ2n) is 7.97. The molecule has 156 valence electrons. The molecule has 0 aliphatic heterocycles. The van der Waals surface area contributed by atoms with E-state index in [9.17, 15) is 5.11 Å². The quantitative estimate of drug-likeness (QED) is 0.387. The minimum Gasteiger partial charge on any atom is -0.507 e. The van der Waals surface area contributed by atoms with Crippen molar-refractivity contribution in [3.63, 3.8) is 0 Å². The molecule has 1 unspecified atom stereocenters. The van der Waals surface area contributed by atoms with Crippen LogP contribution in [-0.4, -0.2) is 5.11 Å². The van der Waals surface area contributed by atoms with Crippen LogP contribution in [-0.2, 0) is 6.16 Å². The van der Waals surface area contributed by atoms with Gasteiger partial charge in [-0.05, 0) is 72.9 Å². The summed E-state index contributed by atoms with van der Waals surface area (Å²) in [5.74, 6) is 0.437. The zero-order chi connectivity index (χ0) is 21.8. The van der Waals surface area contributed by atoms with Crippen molar-refractivity contribution in [3.05, 3.63) is 113 Å². The summed E-state index contributed by atoms with van der Waals surface area (Å²) in [6.45, 7) is 6.28. The Morgan fingerprint density at radius 2 is 1.32 bits per heavy atom. The average molecular weight is 442 g/mol. The van der Waals surface area contributed by atoms with Crippen molar-refractivity contribution in [2.24, 2.45) is 0 Å². The molecule has 0 radical (unpaired) electrons. The topological polar surface area (TPSA) is 20.2 Å². The molecular formula is C28H28OP2. The Bertz CT molecular complexity index is 1130. The number of aryl methyl sites for hydroxylation is 3. The maximum Gasteiger partial charge on any atom is 0.126 e. The van der Waals surface area contributed by atoms with Crippen LogP contribution in [0.25, 0.3) is 0 Å². The van der Waals surface area contributed by atoms with E-state index < -0.39 is 7.92 Å². The van der Waals surface area contributed by atoms with Crippen LogP contribution in [0.5, 0.6) is 5.75 Å². The van der Waals surface area contributed by atoms with Crippen LogP contribution < -0.4 is 21.2 Å². The summed E-state index contributed by atoms with van der Waals surface area (Å²) in [5.41, 5.74) is 4.83. The molecule has 4 aromatic carbocycles. The lowest BCUT2D eigenvalue weighted by atomic mass is 10.1. The Balaban J connectivity index is 1.75. The molecule has 0 saturated heterocycles. The number of rotatable bonds is 6. The van der Waals surface area contributed by atoms with Crippen LogP contribution in [0.2, 0.25) is 0 Å². The Morgan fingerprint density at radius 3 is 1.94 bits per heavy atom. The van der Waals surface area contributed by atoms with Crippen molar-refractivity contribution >= 4 is 37.7 Å². The summed E-state index contributed by atoms with van der Waals surface area (Å²) in [7, 11) is -0.0673. The van der Waals surface area contributed by atoms with Crippen molar-refractivity contribution in [1.29, 1.82) is 0 Å². The number of hydrogen-bond acceptors (Lipinski definition) is 1. The highest BCUT2D eigenvalue weighted by atomic mass is 31.1. The molecule has 0 bridgehead atoms. The van der Waals surface area contributed by atoms with Crippen LogP contribution >= 0.6 is 16.5 Å². The Morgan fingerprint density at radius 1 is 0.710 bits per heavy atom. The lowest BCUT2D eigenvalue weighted by Crippen LogP contribution is -2.18. The highest BCUT2D eigenvalue weighted by molar-refractivity contribution is 7.72. The molecule has 1 nitrogen and oxygen atoms in total. The van der Waals surface area contributed by atoms with Gasteiger partial charge in [0.25, 0.3) is 0 Å². The van der Waals surface area contributed by atoms with E-state index in [1.807, 2.05) is 13.0 Å². The predicted octanol–water partition coefficient (Wildman–Crippen LogP) is 5.58. The smallest absolute Gasteiger partial charge is 0.126 e. The molecule has 0 heterocycles. The van der Waals surface area contributed by atoms with E-state index in [4.69, 9.17) is 0 Å². The number of phenolic OH excluding ortho intramolecular Hbond substituents is 1. The third-order valence-electron chi connectivity index (χ3n) is 5.53. The lowest BCUT2D eigenvalue weighted by molar-refractivity contribution is 0.475. The molecule has 0 fully saturated rings. The van der Waals surface area contributed by atoms with Gasteiger partial charge in [-0.2, -0.15) is 0 Å². The molecule has 0 aromatic heterocycles. The lowest BCUT2D eigenvalue weighted by Gasteiger charge is -2.22. The van der Waals surface area contributed by atoms with Gasteiger partial charge >= 0.3 is 0 Å². The van der Waals surface area contributed by atoms with Crippen molar-refractivity contribution in [2.45, 2.75) is 26.9 Å². The fraction of sp³-hybridized carbons (Fsp3) is 0.143. The van der Waals surface area contributed by atoms with Gasteiger partial charge in [-0.25, -0.2) is 0 Å². The first kappa shape index (κ1) is 21.8. The monoisotopic (exact) mass is 442 g/mol. The van der Waals surface area contributed by atoms with Crippen molar-refractivity contribution in [3.8, 4) is 5.75 Å². The summed E-state index contributed by atoms with van der Waals surface area (Å²) in [6.07, 6.45) is 0.999. The van der Waals surface area contributed by atoms with Crippen molar-refractivity contribution < 1.29 is 5.11 Å². The van der Waals surface area contributed by atoms with E-state index in [-0.39, 0.29) is 0 Å². The van der Waals surface area contributed by atoms with E-state index in [1.165, 1.54) is 32.6 Å². The largest absolute Gasteiger partial charge is 0.507 e. The maximum absolute atomic E-state index is 10.7. The number of hydrogen-bond donors (Lipinski definition) is 1. The number of aromatic hydroxyl groups is 1. The Labute approximate surface area is 188 Å². The van der Waals surface area contributed by atoms with Crippen molar-refractivity contribution in [1.82, 2.24) is 0 Å². The Hall–Kier alpha value is -2.46. The average Bonchev–Trinajstić information content (AvgIpc) is 2.78. The highest BCUT2D eigenvalue weighted by Crippen LogP contribution is 2.39. The van der Waals surface area contributed by atoms with Gasteiger partial charge in [-0.1, -0.05) is 93.5 Å². The van der Waals surface area contributed by atoms with Gasteiger partial charge in [0.15, 0.2) is 0 Å². The van der Waals surface area contributed by atoms with Gasteiger partial charge in [0.05, 0.1) is 0 Å². The van der Waals surface area contributed by atoms with E-state index in [2.05, 4.69) is 98.8 Å². The fourth-order valence-corrected chi connectivity index (χ4v) is 7.92. The van der Waals surface area contributed by atoms with E-state index >= 15 is 0 Å². The van der Waals surface area contributed by atoms with Gasteiger partial charge < -0.3 is 5.11 Å². The van der Waals surface area contributed by atoms with Crippen LogP contribution in [0.4, 0.5) is 0 Å². The third kappa shape index (κ3) is 5.07. The van der Waals surface area contributed by atoms with Crippen LogP contribution in [0.1, 0.15) is 22.3 Å². The maximum atomic E-state index is 10.7. The molecule has 0 aliphatic rings. The molecule has 4 aromatic rings. The summed E-state index contributed by atoms with van der Waals surface area (Å²) >= 11 is 0. The molecule has 0 saturated carbocycles. The summed E-state index contributed by atoms with van der Waals surface area (Å²) < 4.78 is 0. The summed E-state index contributed by atoms with van der Waals surface area (Å²) in [5, 5.41) is 15.9. The van der Waals surface area contributed by atoms with E-state index in [0.29, 0.717) is 14.3 Å². The molecule has 0 aliphatic carbocycles. The van der Waals surface area contributed by atoms with E-state index in [0.717, 1.165) is 17.0 Å². The molecule has 31 heavy (non-hydrogen) atoms. The normalized spacial score (nSPS) is 11.5. The van der Waals surface area contributed by atoms with Crippen LogP contribution in [0.15, 0.2) is 91.0 Å². The minimum absolute atomic E-state index is 0.437. The van der Waals surface area contributed by atoms with Crippen LogP contribution in [0, 0.1) is 20.8 Å². The first-order valence-corrected chi connectivity index (χ1v) is 13.1. The van der Waals surface area contributed by atoms with Gasteiger partial charge in [0.2, 0.25) is 0 Å². The predicted molar refractivity (Wildman–Crippen MR) is 139 cm³/mol. The molecule has 0 spiro atoms. The van der Waals surface area contributed by atoms with Gasteiger partial charge in [-0.15, -0.1) is 0 Å². The minimum atomic E-state index is -0.509. The zero-order valence-electron chi connectivity index (χ0n) is 18.3. The molecule has 1 atom stereocenters. The fourth-order valence-electron chi connectivity index (χ4n) is 3.95. The van der Waals surface area contributed by atoms with Crippen molar-refractivity contribution in [2.75, 3.05) is 0 Å². The highest BCUT2D eigenvalue weighted by Gasteiger charge is 2.18. The summed E-state index contributed by atoms with van der Waals surface area (Å²) in [6, 6.07) is 32.6. The molecule has 0 amide bonds. The van der Waals surface area contributed by atoms with Crippen LogP contribution in [0.3, 0.4) is 0 Å². The SMILES string of the molecule is Cc1cc(C)c(O)c(Pc2c(C)cccc2CP(c2ccccc2)c2ccccc2)c1. The first-order valence-electron chi connectivity index (χ1n) is 10.6.